The van der Waals surface area contributed by atoms with Crippen LogP contribution < -0.4 is 5.46 Å². The van der Waals surface area contributed by atoms with Crippen LogP contribution in [0.3, 0.4) is 0 Å². The van der Waals surface area contributed by atoms with E-state index in [-0.39, 0.29) is 11.4 Å². The number of carbonyl (C=O) groups is 2. The minimum Gasteiger partial charge on any atom is -0.479 e. The van der Waals surface area contributed by atoms with Crippen LogP contribution in [0.5, 0.6) is 0 Å². The topological polar surface area (TPSA) is 107 Å². The Kier molecular flexibility index (Phi) is 7.52. The quantitative estimate of drug-likeness (QED) is 0.428. The molecule has 1 heterocycles. The molecule has 4 rings (SSSR count). The number of amides is 1. The number of ether oxygens (including phenoxy) is 1. The van der Waals surface area contributed by atoms with Crippen LogP contribution in [-0.2, 0) is 22.6 Å². The van der Waals surface area contributed by atoms with Crippen molar-refractivity contribution >= 4 is 24.5 Å². The molecule has 1 atom stereocenters. The van der Waals surface area contributed by atoms with E-state index in [2.05, 4.69) is 0 Å². The van der Waals surface area contributed by atoms with Gasteiger partial charge >= 0.3 is 13.1 Å². The summed E-state index contributed by atoms with van der Waals surface area (Å²) in [6, 6.07) is 14.3. The molecule has 198 valence electrons. The highest BCUT2D eigenvalue weighted by Gasteiger charge is 2.36. The second kappa shape index (κ2) is 10.4. The molecule has 0 saturated heterocycles. The molecule has 3 aromatic rings. The van der Waals surface area contributed by atoms with Crippen molar-refractivity contribution in [3.05, 3.63) is 87.5 Å². The van der Waals surface area contributed by atoms with Crippen LogP contribution >= 0.6 is 0 Å². The molecule has 0 unspecified atom stereocenters. The van der Waals surface area contributed by atoms with Gasteiger partial charge in [-0.15, -0.1) is 0 Å². The molecule has 1 aliphatic rings. The molecule has 3 aromatic carbocycles. The van der Waals surface area contributed by atoms with Crippen molar-refractivity contribution in [2.75, 3.05) is 0 Å². The number of hydrogen-bond acceptors (Lipinski definition) is 5. The van der Waals surface area contributed by atoms with Crippen LogP contribution in [0.25, 0.3) is 11.1 Å². The summed E-state index contributed by atoms with van der Waals surface area (Å²) >= 11 is 0. The molecule has 3 N–H and O–H groups in total. The van der Waals surface area contributed by atoms with Gasteiger partial charge in [0.25, 0.3) is 5.91 Å². The zero-order chi connectivity index (χ0) is 27.9. The van der Waals surface area contributed by atoms with Crippen molar-refractivity contribution in [1.82, 2.24) is 4.90 Å². The maximum atomic E-state index is 13.5. The number of rotatable bonds is 6. The summed E-state index contributed by atoms with van der Waals surface area (Å²) in [4.78, 5) is 27.8. The minimum absolute atomic E-state index is 0.235. The summed E-state index contributed by atoms with van der Waals surface area (Å²) in [5, 5.41) is 29.4. The van der Waals surface area contributed by atoms with Gasteiger partial charge in [-0.3, -0.25) is 4.79 Å². The first-order valence-electron chi connectivity index (χ1n) is 12.7. The van der Waals surface area contributed by atoms with Crippen LogP contribution in [0.15, 0.2) is 48.5 Å². The Hall–Kier alpha value is -3.46. The number of nitrogens with zero attached hydrogens (tertiary/aromatic N) is 1. The maximum absolute atomic E-state index is 13.5. The lowest BCUT2D eigenvalue weighted by Gasteiger charge is -2.29. The fraction of sp³-hybridized carbons (Fsp3) is 0.333. The van der Waals surface area contributed by atoms with E-state index in [4.69, 9.17) is 4.74 Å². The van der Waals surface area contributed by atoms with E-state index < -0.39 is 24.8 Å². The maximum Gasteiger partial charge on any atom is 0.488 e. The van der Waals surface area contributed by atoms with Crippen molar-refractivity contribution in [3.8, 4) is 11.1 Å². The molecule has 0 aliphatic carbocycles. The number of aliphatic carboxylic acids is 1. The van der Waals surface area contributed by atoms with Gasteiger partial charge in [0, 0.05) is 24.2 Å². The van der Waals surface area contributed by atoms with E-state index in [0.717, 1.165) is 38.9 Å². The van der Waals surface area contributed by atoms with Gasteiger partial charge in [-0.2, -0.15) is 0 Å². The molecule has 8 heteroatoms. The molecular weight excluding hydrogens is 481 g/mol. The average Bonchev–Trinajstić information content (AvgIpc) is 3.31. The summed E-state index contributed by atoms with van der Waals surface area (Å²) in [7, 11) is -1.67. The van der Waals surface area contributed by atoms with Crippen LogP contribution in [0, 0.1) is 20.8 Å². The first-order valence-corrected chi connectivity index (χ1v) is 12.7. The molecule has 0 spiro atoms. The summed E-state index contributed by atoms with van der Waals surface area (Å²) < 4.78 is 6.12. The highest BCUT2D eigenvalue weighted by Crippen LogP contribution is 2.43. The molecule has 0 aromatic heterocycles. The van der Waals surface area contributed by atoms with Crippen molar-refractivity contribution in [1.29, 1.82) is 0 Å². The number of benzene rings is 3. The molecule has 38 heavy (non-hydrogen) atoms. The number of carboxylic acid groups (broad SMARTS) is 1. The van der Waals surface area contributed by atoms with E-state index in [1.165, 1.54) is 6.07 Å². The third-order valence-corrected chi connectivity index (χ3v) is 7.03. The van der Waals surface area contributed by atoms with Gasteiger partial charge in [0.1, 0.15) is 0 Å². The molecule has 0 saturated carbocycles. The third kappa shape index (κ3) is 5.39. The van der Waals surface area contributed by atoms with E-state index in [0.29, 0.717) is 24.2 Å². The predicted molar refractivity (Wildman–Crippen MR) is 147 cm³/mol. The van der Waals surface area contributed by atoms with Crippen molar-refractivity contribution in [2.45, 2.75) is 66.3 Å². The largest absolute Gasteiger partial charge is 0.488 e. The zero-order valence-electron chi connectivity index (χ0n) is 22.7. The number of fused-ring (bicyclic) bond motifs is 1. The Morgan fingerprint density at radius 2 is 1.55 bits per heavy atom. The van der Waals surface area contributed by atoms with Crippen LogP contribution in [0.1, 0.15) is 70.6 Å². The Bertz CT molecular complexity index is 1390. The lowest BCUT2D eigenvalue weighted by atomic mass is 9.79. The predicted octanol–water partition coefficient (Wildman–Crippen LogP) is 4.06. The number of aryl methyl sites for hydroxylation is 1. The lowest BCUT2D eigenvalue weighted by molar-refractivity contribution is -0.160. The van der Waals surface area contributed by atoms with Crippen molar-refractivity contribution < 1.29 is 29.5 Å². The van der Waals surface area contributed by atoms with Gasteiger partial charge in [0.2, 0.25) is 0 Å². The van der Waals surface area contributed by atoms with Gasteiger partial charge in [0.05, 0.1) is 5.60 Å². The molecule has 1 amide bonds. The van der Waals surface area contributed by atoms with Crippen molar-refractivity contribution in [2.24, 2.45) is 0 Å². The Morgan fingerprint density at radius 1 is 0.947 bits per heavy atom. The second-order valence-corrected chi connectivity index (χ2v) is 11.0. The van der Waals surface area contributed by atoms with Crippen LogP contribution in [0.4, 0.5) is 0 Å². The highest BCUT2D eigenvalue weighted by atomic mass is 16.5. The Labute approximate surface area is 223 Å². The fourth-order valence-electron chi connectivity index (χ4n) is 5.19. The molecule has 7 nitrogen and oxygen atoms in total. The average molecular weight is 515 g/mol. The summed E-state index contributed by atoms with van der Waals surface area (Å²) in [5.41, 5.74) is 6.95. The lowest BCUT2D eigenvalue weighted by Crippen LogP contribution is -2.32. The molecular formula is C30H34BNO6. The van der Waals surface area contributed by atoms with E-state index >= 15 is 0 Å². The van der Waals surface area contributed by atoms with E-state index in [1.54, 1.807) is 23.1 Å². The Morgan fingerprint density at radius 3 is 2.11 bits per heavy atom. The van der Waals surface area contributed by atoms with Gasteiger partial charge < -0.3 is 24.8 Å². The number of hydrogen-bond donors (Lipinski definition) is 3. The van der Waals surface area contributed by atoms with Crippen LogP contribution in [0.2, 0.25) is 0 Å². The summed E-state index contributed by atoms with van der Waals surface area (Å²) in [5.74, 6) is -1.30. The normalized spacial score (nSPS) is 13.8. The number of carboxylic acids is 1. The third-order valence-electron chi connectivity index (χ3n) is 7.03. The summed E-state index contributed by atoms with van der Waals surface area (Å²) in [6.45, 7) is 12.1. The first kappa shape index (κ1) is 27.6. The molecule has 1 aliphatic heterocycles. The molecule has 0 fully saturated rings. The zero-order valence-corrected chi connectivity index (χ0v) is 22.7. The van der Waals surface area contributed by atoms with Gasteiger partial charge in [0.15, 0.2) is 6.10 Å². The smallest absolute Gasteiger partial charge is 0.479 e. The van der Waals surface area contributed by atoms with Gasteiger partial charge in [-0.05, 0) is 92.5 Å². The van der Waals surface area contributed by atoms with E-state index in [9.17, 15) is 24.7 Å². The van der Waals surface area contributed by atoms with E-state index in [1.807, 2.05) is 65.8 Å². The highest BCUT2D eigenvalue weighted by molar-refractivity contribution is 6.58. The van der Waals surface area contributed by atoms with Gasteiger partial charge in [-0.25, -0.2) is 4.79 Å². The monoisotopic (exact) mass is 515 g/mol. The van der Waals surface area contributed by atoms with Crippen LogP contribution in [-0.4, -0.2) is 44.7 Å². The molecule has 0 radical (unpaired) electrons. The molecule has 0 bridgehead atoms. The van der Waals surface area contributed by atoms with Gasteiger partial charge in [-0.1, -0.05) is 42.0 Å². The standard InChI is InChI=1S/C30H34BNO6/c1-17-10-12-20(13-11-17)25-18(2)23-15-32(28(33)21-8-7-9-22(14-21)31(36)37)16-24(23)19(3)26(25)27(29(34)35)38-30(4,5)6/h7-14,27,36-37H,15-16H2,1-6H3,(H,34,35)/t27-/m0/s1. The minimum atomic E-state index is -1.67. The Balaban J connectivity index is 1.86. The fourth-order valence-corrected chi connectivity index (χ4v) is 5.19. The SMILES string of the molecule is Cc1ccc(-c2c(C)c3c(c(C)c2[C@H](OC(C)(C)C)C(=O)O)CN(C(=O)c2cccc(B(O)O)c2)C3)cc1. The summed E-state index contributed by atoms with van der Waals surface area (Å²) in [6.07, 6.45) is -1.19. The van der Waals surface area contributed by atoms with Crippen molar-refractivity contribution in [3.63, 3.8) is 0 Å². The first-order chi connectivity index (χ1) is 17.8. The second-order valence-electron chi connectivity index (χ2n) is 11.0. The number of carbonyl (C=O) groups excluding carboxylic acids is 1.